The van der Waals surface area contributed by atoms with E-state index in [2.05, 4.69) is 0 Å². The fourth-order valence-corrected chi connectivity index (χ4v) is 2.25. The average molecular weight is 188 g/mol. The molecule has 1 aromatic rings. The van der Waals surface area contributed by atoms with Gasteiger partial charge in [0.2, 0.25) is 0 Å². The van der Waals surface area contributed by atoms with Crippen molar-refractivity contribution in [3.8, 4) is 0 Å². The topological polar surface area (TPSA) is 18.5 Å². The molecule has 0 saturated carbocycles. The van der Waals surface area contributed by atoms with Gasteiger partial charge in [-0.25, -0.2) is 0 Å². The van der Waals surface area contributed by atoms with E-state index in [1.165, 1.54) is 5.19 Å². The standard InChI is InChI=1S/C8H12O2Si.FH/c1-9-11(10-2)8-6-4-3-5-7-8;/h3-7,11H,1-2H3;1H. The van der Waals surface area contributed by atoms with E-state index >= 15 is 0 Å². The molecule has 4 heteroatoms. The first-order valence-electron chi connectivity index (χ1n) is 3.49. The Morgan fingerprint density at radius 1 is 1.00 bits per heavy atom. The van der Waals surface area contributed by atoms with Crippen LogP contribution in [0.4, 0.5) is 4.70 Å². The van der Waals surface area contributed by atoms with Crippen LogP contribution in [0.25, 0.3) is 0 Å². The fraction of sp³-hybridized carbons (Fsp3) is 0.250. The summed E-state index contributed by atoms with van der Waals surface area (Å²) in [6, 6.07) is 10.0. The largest absolute Gasteiger partial charge is 0.397 e. The van der Waals surface area contributed by atoms with E-state index in [4.69, 9.17) is 8.85 Å². The Morgan fingerprint density at radius 3 is 1.92 bits per heavy atom. The minimum absolute atomic E-state index is 0. The maximum Gasteiger partial charge on any atom is 0.355 e. The van der Waals surface area contributed by atoms with Crippen molar-refractivity contribution >= 4 is 14.5 Å². The zero-order chi connectivity index (χ0) is 8.10. The Labute approximate surface area is 73.3 Å². The van der Waals surface area contributed by atoms with Gasteiger partial charge in [-0.15, -0.1) is 0 Å². The van der Waals surface area contributed by atoms with Crippen LogP contribution in [0.2, 0.25) is 0 Å². The molecule has 0 radical (unpaired) electrons. The molecule has 0 aliphatic heterocycles. The van der Waals surface area contributed by atoms with Crippen LogP contribution < -0.4 is 5.19 Å². The molecule has 1 rings (SSSR count). The molecule has 0 atom stereocenters. The van der Waals surface area contributed by atoms with Gasteiger partial charge in [0.25, 0.3) is 0 Å². The molecule has 0 unspecified atom stereocenters. The van der Waals surface area contributed by atoms with Crippen molar-refractivity contribution in [1.29, 1.82) is 0 Å². The highest BCUT2D eigenvalue weighted by molar-refractivity contribution is 6.61. The summed E-state index contributed by atoms with van der Waals surface area (Å²) in [6.07, 6.45) is 0. The third kappa shape index (κ3) is 2.73. The Hall–Kier alpha value is -0.713. The SMILES string of the molecule is CO[SiH](OC)c1ccccc1.F. The average Bonchev–Trinajstić information content (AvgIpc) is 2.09. The first-order valence-corrected chi connectivity index (χ1v) is 5.01. The summed E-state index contributed by atoms with van der Waals surface area (Å²) in [7, 11) is 1.83. The molecular formula is C8H13FO2Si. The van der Waals surface area contributed by atoms with Gasteiger partial charge in [0.1, 0.15) is 0 Å². The Kier molecular flexibility index (Phi) is 5.53. The summed E-state index contributed by atoms with van der Waals surface area (Å²) >= 11 is 0. The number of hydrogen-bond acceptors (Lipinski definition) is 2. The van der Waals surface area contributed by atoms with E-state index < -0.39 is 9.28 Å². The molecule has 0 amide bonds. The second kappa shape index (κ2) is 5.88. The first kappa shape index (κ1) is 11.3. The zero-order valence-electron chi connectivity index (χ0n) is 7.19. The molecule has 0 aliphatic rings. The van der Waals surface area contributed by atoms with Crippen LogP contribution in [0.15, 0.2) is 30.3 Å². The van der Waals surface area contributed by atoms with Crippen LogP contribution in [0.3, 0.4) is 0 Å². The highest BCUT2D eigenvalue weighted by atomic mass is 28.3. The number of benzene rings is 1. The summed E-state index contributed by atoms with van der Waals surface area (Å²) in [6.45, 7) is 0. The molecule has 2 nitrogen and oxygen atoms in total. The monoisotopic (exact) mass is 188 g/mol. The van der Waals surface area contributed by atoms with Crippen molar-refractivity contribution in [2.45, 2.75) is 0 Å². The lowest BCUT2D eigenvalue weighted by atomic mass is 10.4. The zero-order valence-corrected chi connectivity index (χ0v) is 8.34. The minimum Gasteiger partial charge on any atom is -0.397 e. The van der Waals surface area contributed by atoms with E-state index in [1.54, 1.807) is 14.2 Å². The predicted octanol–water partition coefficient (Wildman–Crippen LogP) is 0.559. The maximum atomic E-state index is 5.20. The van der Waals surface area contributed by atoms with Gasteiger partial charge in [0.05, 0.1) is 0 Å². The van der Waals surface area contributed by atoms with Crippen molar-refractivity contribution in [1.82, 2.24) is 0 Å². The molecular weight excluding hydrogens is 175 g/mol. The minimum atomic E-state index is -1.55. The van der Waals surface area contributed by atoms with E-state index in [9.17, 15) is 0 Å². The Bertz CT molecular complexity index is 201. The normalized spacial score (nSPS) is 9.58. The van der Waals surface area contributed by atoms with Crippen molar-refractivity contribution in [3.63, 3.8) is 0 Å². The molecule has 0 fully saturated rings. The summed E-state index contributed by atoms with van der Waals surface area (Å²) < 4.78 is 10.4. The van der Waals surface area contributed by atoms with Crippen LogP contribution in [-0.2, 0) is 8.85 Å². The molecule has 0 bridgehead atoms. The Balaban J connectivity index is 0.00000121. The smallest absolute Gasteiger partial charge is 0.355 e. The lowest BCUT2D eigenvalue weighted by molar-refractivity contribution is 0.292. The molecule has 0 N–H and O–H groups in total. The number of rotatable bonds is 3. The highest BCUT2D eigenvalue weighted by Crippen LogP contribution is 1.89. The van der Waals surface area contributed by atoms with Gasteiger partial charge in [0, 0.05) is 14.2 Å². The fourth-order valence-electron chi connectivity index (χ4n) is 0.979. The quantitative estimate of drug-likeness (QED) is 0.645. The van der Waals surface area contributed by atoms with Gasteiger partial charge in [0.15, 0.2) is 0 Å². The van der Waals surface area contributed by atoms with Crippen LogP contribution in [-0.4, -0.2) is 23.5 Å². The molecule has 0 heterocycles. The lowest BCUT2D eigenvalue weighted by Crippen LogP contribution is -2.34. The van der Waals surface area contributed by atoms with Gasteiger partial charge in [-0.2, -0.15) is 0 Å². The van der Waals surface area contributed by atoms with E-state index in [0.29, 0.717) is 0 Å². The summed E-state index contributed by atoms with van der Waals surface area (Å²) in [5, 5.41) is 1.18. The van der Waals surface area contributed by atoms with Crippen LogP contribution in [0, 0.1) is 0 Å². The van der Waals surface area contributed by atoms with Crippen LogP contribution in [0.5, 0.6) is 0 Å². The van der Waals surface area contributed by atoms with Crippen molar-refractivity contribution in [2.24, 2.45) is 0 Å². The van der Waals surface area contributed by atoms with Gasteiger partial charge >= 0.3 is 9.28 Å². The highest BCUT2D eigenvalue weighted by Gasteiger charge is 2.10. The number of halogens is 1. The lowest BCUT2D eigenvalue weighted by Gasteiger charge is -2.09. The number of hydrogen-bond donors (Lipinski definition) is 0. The van der Waals surface area contributed by atoms with Gasteiger partial charge in [-0.3, -0.25) is 4.70 Å². The van der Waals surface area contributed by atoms with E-state index in [1.807, 2.05) is 30.3 Å². The molecule has 0 spiro atoms. The molecule has 68 valence electrons. The summed E-state index contributed by atoms with van der Waals surface area (Å²) in [4.78, 5) is 0. The van der Waals surface area contributed by atoms with Gasteiger partial charge in [-0.05, 0) is 5.19 Å². The first-order chi connectivity index (χ1) is 5.38. The van der Waals surface area contributed by atoms with Crippen molar-refractivity contribution in [3.05, 3.63) is 30.3 Å². The second-order valence-corrected chi connectivity index (χ2v) is 4.49. The van der Waals surface area contributed by atoms with Crippen molar-refractivity contribution in [2.75, 3.05) is 14.2 Å². The maximum absolute atomic E-state index is 5.20. The van der Waals surface area contributed by atoms with Gasteiger partial charge < -0.3 is 8.85 Å². The summed E-state index contributed by atoms with van der Waals surface area (Å²) in [5.74, 6) is 0. The van der Waals surface area contributed by atoms with E-state index in [0.717, 1.165) is 0 Å². The summed E-state index contributed by atoms with van der Waals surface area (Å²) in [5.41, 5.74) is 0. The molecule has 0 aromatic heterocycles. The third-order valence-corrected chi connectivity index (χ3v) is 3.29. The Morgan fingerprint density at radius 2 is 1.50 bits per heavy atom. The van der Waals surface area contributed by atoms with E-state index in [-0.39, 0.29) is 4.70 Å². The molecule has 0 saturated heterocycles. The molecule has 1 aromatic carbocycles. The second-order valence-electron chi connectivity index (χ2n) is 2.21. The molecule has 0 aliphatic carbocycles. The van der Waals surface area contributed by atoms with Crippen LogP contribution >= 0.6 is 0 Å². The van der Waals surface area contributed by atoms with Crippen LogP contribution in [0.1, 0.15) is 0 Å². The molecule has 12 heavy (non-hydrogen) atoms. The van der Waals surface area contributed by atoms with Gasteiger partial charge in [-0.1, -0.05) is 30.3 Å². The van der Waals surface area contributed by atoms with Crippen molar-refractivity contribution < 1.29 is 13.6 Å². The predicted molar refractivity (Wildman–Crippen MR) is 49.7 cm³/mol. The third-order valence-electron chi connectivity index (χ3n) is 1.50.